The predicted molar refractivity (Wildman–Crippen MR) is 74.3 cm³/mol. The van der Waals surface area contributed by atoms with Crippen LogP contribution in [-0.2, 0) is 18.2 Å². The van der Waals surface area contributed by atoms with Gasteiger partial charge in [-0.1, -0.05) is 6.92 Å². The van der Waals surface area contributed by atoms with Crippen molar-refractivity contribution in [2.24, 2.45) is 13.0 Å². The van der Waals surface area contributed by atoms with E-state index in [-0.39, 0.29) is 17.3 Å². The summed E-state index contributed by atoms with van der Waals surface area (Å²) < 4.78 is 7.75. The molecule has 1 aromatic heterocycles. The summed E-state index contributed by atoms with van der Waals surface area (Å²) in [6.45, 7) is 10.1. The number of carbonyl (C=O) groups excluding carboxylic acids is 1. The third-order valence-corrected chi connectivity index (χ3v) is 3.90. The molecule has 4 nitrogen and oxygen atoms in total. The quantitative estimate of drug-likeness (QED) is 0.788. The first-order chi connectivity index (χ1) is 8.66. The third kappa shape index (κ3) is 2.59. The predicted octanol–water partition coefficient (Wildman–Crippen LogP) is 2.76. The molecule has 0 saturated carbocycles. The van der Waals surface area contributed by atoms with E-state index in [1.54, 1.807) is 4.68 Å². The minimum Gasteiger partial charge on any atom is -0.369 e. The topological polar surface area (TPSA) is 44.1 Å². The molecule has 4 heteroatoms. The fourth-order valence-electron chi connectivity index (χ4n) is 3.16. The van der Waals surface area contributed by atoms with Gasteiger partial charge in [-0.15, -0.1) is 0 Å². The number of hydrogen-bond acceptors (Lipinski definition) is 3. The highest BCUT2D eigenvalue weighted by molar-refractivity contribution is 5.99. The fourth-order valence-corrected chi connectivity index (χ4v) is 3.16. The molecule has 0 radical (unpaired) electrons. The summed E-state index contributed by atoms with van der Waals surface area (Å²) in [6.07, 6.45) is 3.37. The third-order valence-electron chi connectivity index (χ3n) is 3.90. The first-order valence-electron chi connectivity index (χ1n) is 6.93. The molecule has 0 spiro atoms. The Kier molecular flexibility index (Phi) is 3.33. The summed E-state index contributed by atoms with van der Waals surface area (Å²) in [5.41, 5.74) is 0.984. The largest absolute Gasteiger partial charge is 0.369 e. The Labute approximate surface area is 115 Å². The number of ketones is 1. The SMILES string of the molecule is CCc1nn(C)cc1C(=O)C1CC(C)(C)OC1(C)C. The van der Waals surface area contributed by atoms with Crippen LogP contribution >= 0.6 is 0 Å². The summed E-state index contributed by atoms with van der Waals surface area (Å²) in [6, 6.07) is 0. The number of ether oxygens (including phenoxy) is 1. The maximum absolute atomic E-state index is 12.8. The standard InChI is InChI=1S/C15H24N2O2/c1-7-12-10(9-17(6)16-12)13(18)11-8-14(2,3)19-15(11,4)5/h9,11H,7-8H2,1-6H3. The van der Waals surface area contributed by atoms with Gasteiger partial charge in [-0.25, -0.2) is 0 Å². The number of rotatable bonds is 3. The highest BCUT2D eigenvalue weighted by Crippen LogP contribution is 2.43. The van der Waals surface area contributed by atoms with Crippen LogP contribution in [-0.4, -0.2) is 26.8 Å². The molecular formula is C15H24N2O2. The molecule has 0 aromatic carbocycles. The molecule has 0 bridgehead atoms. The summed E-state index contributed by atoms with van der Waals surface area (Å²) in [7, 11) is 1.86. The number of carbonyl (C=O) groups is 1. The molecule has 1 aliphatic heterocycles. The number of nitrogens with zero attached hydrogens (tertiary/aromatic N) is 2. The molecule has 0 amide bonds. The van der Waals surface area contributed by atoms with E-state index >= 15 is 0 Å². The van der Waals surface area contributed by atoms with Crippen molar-refractivity contribution in [2.45, 2.75) is 58.7 Å². The van der Waals surface area contributed by atoms with E-state index in [1.165, 1.54) is 0 Å². The first kappa shape index (κ1) is 14.3. The van der Waals surface area contributed by atoms with Gasteiger partial charge in [0.2, 0.25) is 0 Å². The van der Waals surface area contributed by atoms with Gasteiger partial charge in [0.05, 0.1) is 28.4 Å². The smallest absolute Gasteiger partial charge is 0.172 e. The van der Waals surface area contributed by atoms with Gasteiger partial charge in [-0.2, -0.15) is 5.10 Å². The number of Topliss-reactive ketones (excluding diaryl/α,β-unsaturated/α-hetero) is 1. The zero-order chi connectivity index (χ0) is 14.4. The van der Waals surface area contributed by atoms with Crippen LogP contribution in [0.25, 0.3) is 0 Å². The van der Waals surface area contributed by atoms with Gasteiger partial charge < -0.3 is 4.74 Å². The van der Waals surface area contributed by atoms with Crippen molar-refractivity contribution in [1.29, 1.82) is 0 Å². The Morgan fingerprint density at radius 1 is 1.47 bits per heavy atom. The number of aromatic nitrogens is 2. The zero-order valence-electron chi connectivity index (χ0n) is 12.8. The molecule has 1 unspecified atom stereocenters. The molecule has 2 heterocycles. The summed E-state index contributed by atoms with van der Waals surface area (Å²) in [5, 5.41) is 4.36. The lowest BCUT2D eigenvalue weighted by Crippen LogP contribution is -2.34. The minimum absolute atomic E-state index is 0.100. The van der Waals surface area contributed by atoms with Gasteiger partial charge in [0, 0.05) is 13.2 Å². The van der Waals surface area contributed by atoms with Crippen molar-refractivity contribution < 1.29 is 9.53 Å². The molecule has 1 atom stereocenters. The van der Waals surface area contributed by atoms with Gasteiger partial charge in [0.1, 0.15) is 0 Å². The van der Waals surface area contributed by atoms with E-state index in [9.17, 15) is 4.79 Å². The van der Waals surface area contributed by atoms with Crippen molar-refractivity contribution in [2.75, 3.05) is 0 Å². The van der Waals surface area contributed by atoms with Crippen LogP contribution in [0, 0.1) is 5.92 Å². The normalized spacial score (nSPS) is 24.6. The van der Waals surface area contributed by atoms with E-state index in [0.29, 0.717) is 0 Å². The maximum Gasteiger partial charge on any atom is 0.172 e. The Balaban J connectivity index is 2.34. The molecule has 19 heavy (non-hydrogen) atoms. The zero-order valence-corrected chi connectivity index (χ0v) is 12.8. The minimum atomic E-state index is -0.415. The van der Waals surface area contributed by atoms with Crippen LogP contribution in [0.4, 0.5) is 0 Å². The van der Waals surface area contributed by atoms with E-state index in [1.807, 2.05) is 47.9 Å². The maximum atomic E-state index is 12.8. The molecule has 2 rings (SSSR count). The van der Waals surface area contributed by atoms with Crippen LogP contribution in [0.2, 0.25) is 0 Å². The Morgan fingerprint density at radius 2 is 2.11 bits per heavy atom. The van der Waals surface area contributed by atoms with Crippen LogP contribution in [0.1, 0.15) is 57.1 Å². The average molecular weight is 264 g/mol. The van der Waals surface area contributed by atoms with E-state index in [4.69, 9.17) is 4.74 Å². The molecular weight excluding hydrogens is 240 g/mol. The lowest BCUT2D eigenvalue weighted by molar-refractivity contribution is -0.0712. The van der Waals surface area contributed by atoms with Crippen LogP contribution in [0.15, 0.2) is 6.20 Å². The Morgan fingerprint density at radius 3 is 2.58 bits per heavy atom. The van der Waals surface area contributed by atoms with Crippen LogP contribution in [0.5, 0.6) is 0 Å². The molecule has 1 saturated heterocycles. The molecule has 1 fully saturated rings. The second kappa shape index (κ2) is 4.44. The molecule has 106 valence electrons. The number of aryl methyl sites for hydroxylation is 2. The van der Waals surface area contributed by atoms with E-state index < -0.39 is 5.60 Å². The monoisotopic (exact) mass is 264 g/mol. The van der Waals surface area contributed by atoms with Gasteiger partial charge in [-0.05, 0) is 40.5 Å². The van der Waals surface area contributed by atoms with Gasteiger partial charge in [0.15, 0.2) is 5.78 Å². The first-order valence-corrected chi connectivity index (χ1v) is 6.93. The van der Waals surface area contributed by atoms with Gasteiger partial charge in [0.25, 0.3) is 0 Å². The van der Waals surface area contributed by atoms with Crippen molar-refractivity contribution in [3.05, 3.63) is 17.5 Å². The van der Waals surface area contributed by atoms with Crippen molar-refractivity contribution in [3.63, 3.8) is 0 Å². The Hall–Kier alpha value is -1.16. The summed E-state index contributed by atoms with van der Waals surface area (Å²) in [5.74, 6) is 0.0672. The van der Waals surface area contributed by atoms with Crippen molar-refractivity contribution in [3.8, 4) is 0 Å². The average Bonchev–Trinajstić information content (AvgIpc) is 2.74. The Bertz CT molecular complexity index is 500. The highest BCUT2D eigenvalue weighted by Gasteiger charge is 2.49. The lowest BCUT2D eigenvalue weighted by Gasteiger charge is -2.26. The summed E-state index contributed by atoms with van der Waals surface area (Å²) >= 11 is 0. The molecule has 0 aliphatic carbocycles. The van der Waals surface area contributed by atoms with Gasteiger partial charge >= 0.3 is 0 Å². The second-order valence-electron chi connectivity index (χ2n) is 6.60. The molecule has 1 aromatic rings. The second-order valence-corrected chi connectivity index (χ2v) is 6.60. The molecule has 1 aliphatic rings. The number of hydrogen-bond donors (Lipinski definition) is 0. The van der Waals surface area contributed by atoms with E-state index in [2.05, 4.69) is 5.10 Å². The summed E-state index contributed by atoms with van der Waals surface area (Å²) in [4.78, 5) is 12.8. The van der Waals surface area contributed by atoms with Crippen LogP contribution < -0.4 is 0 Å². The van der Waals surface area contributed by atoms with E-state index in [0.717, 1.165) is 24.1 Å². The fraction of sp³-hybridized carbons (Fsp3) is 0.733. The highest BCUT2D eigenvalue weighted by atomic mass is 16.5. The lowest BCUT2D eigenvalue weighted by atomic mass is 9.81. The van der Waals surface area contributed by atoms with Crippen molar-refractivity contribution >= 4 is 5.78 Å². The van der Waals surface area contributed by atoms with Crippen LogP contribution in [0.3, 0.4) is 0 Å². The molecule has 0 N–H and O–H groups in total. The van der Waals surface area contributed by atoms with Crippen molar-refractivity contribution in [1.82, 2.24) is 9.78 Å². The van der Waals surface area contributed by atoms with Gasteiger partial charge in [-0.3, -0.25) is 9.48 Å².